The fraction of sp³-hybridized carbons (Fsp3) is 0.286. The highest BCUT2D eigenvalue weighted by atomic mass is 19.2. The first-order chi connectivity index (χ1) is 13.9. The summed E-state index contributed by atoms with van der Waals surface area (Å²) in [5.74, 6) is -5.37. The van der Waals surface area contributed by atoms with E-state index in [1.165, 1.54) is 4.68 Å². The first-order valence-electron chi connectivity index (χ1n) is 9.38. The monoisotopic (exact) mass is 403 g/mol. The van der Waals surface area contributed by atoms with E-state index >= 15 is 0 Å². The van der Waals surface area contributed by atoms with Crippen LogP contribution in [0.5, 0.6) is 0 Å². The second kappa shape index (κ2) is 8.89. The van der Waals surface area contributed by atoms with E-state index in [9.17, 15) is 22.8 Å². The average Bonchev–Trinajstić information content (AvgIpc) is 2.73. The van der Waals surface area contributed by atoms with Crippen molar-refractivity contribution in [3.8, 4) is 0 Å². The molecule has 3 rings (SSSR count). The lowest BCUT2D eigenvalue weighted by atomic mass is 10.1. The Hall–Kier alpha value is -3.16. The minimum Gasteiger partial charge on any atom is -0.318 e. The largest absolute Gasteiger partial charge is 0.318 e. The van der Waals surface area contributed by atoms with E-state index in [1.807, 2.05) is 0 Å². The Morgan fingerprint density at radius 2 is 1.72 bits per heavy atom. The van der Waals surface area contributed by atoms with Crippen LogP contribution < -0.4 is 10.9 Å². The normalized spacial score (nSPS) is 11.0. The molecule has 152 valence electrons. The summed E-state index contributed by atoms with van der Waals surface area (Å²) in [4.78, 5) is 25.4. The standard InChI is InChI=1S/C21H20F3N3O2/c1-2-3-4-7-12-27-21(29)14-9-6-5-8-13(14)19(26-27)20(28)25-16-11-10-15(22)17(23)18(16)24/h5-6,8-11H,2-4,7,12H2,1H3,(H,25,28). The number of halogens is 3. The zero-order chi connectivity index (χ0) is 21.0. The second-order valence-corrected chi connectivity index (χ2v) is 6.66. The van der Waals surface area contributed by atoms with Crippen LogP contribution in [0, 0.1) is 17.5 Å². The molecule has 0 saturated carbocycles. The number of hydrogen-bond donors (Lipinski definition) is 1. The number of carbonyl (C=O) groups excluding carboxylic acids is 1. The molecule has 1 amide bonds. The number of nitrogens with zero attached hydrogens (tertiary/aromatic N) is 2. The highest BCUT2D eigenvalue weighted by molar-refractivity contribution is 6.11. The summed E-state index contributed by atoms with van der Waals surface area (Å²) in [6.45, 7) is 2.41. The van der Waals surface area contributed by atoms with Gasteiger partial charge in [0.15, 0.2) is 23.1 Å². The maximum Gasteiger partial charge on any atom is 0.276 e. The van der Waals surface area contributed by atoms with Gasteiger partial charge in [0.2, 0.25) is 0 Å². The molecule has 0 aliphatic carbocycles. The van der Waals surface area contributed by atoms with Crippen LogP contribution in [0.2, 0.25) is 0 Å². The molecule has 0 aliphatic rings. The molecule has 1 aromatic heterocycles. The van der Waals surface area contributed by atoms with Gasteiger partial charge in [-0.2, -0.15) is 5.10 Å². The lowest BCUT2D eigenvalue weighted by molar-refractivity contribution is 0.102. The number of benzene rings is 2. The number of aromatic nitrogens is 2. The van der Waals surface area contributed by atoms with Crippen LogP contribution in [0.4, 0.5) is 18.9 Å². The van der Waals surface area contributed by atoms with Crippen molar-refractivity contribution in [1.82, 2.24) is 9.78 Å². The third-order valence-corrected chi connectivity index (χ3v) is 4.59. The van der Waals surface area contributed by atoms with Gasteiger partial charge in [-0.25, -0.2) is 17.9 Å². The fourth-order valence-electron chi connectivity index (χ4n) is 3.05. The van der Waals surface area contributed by atoms with E-state index in [0.717, 1.165) is 31.7 Å². The summed E-state index contributed by atoms with van der Waals surface area (Å²) >= 11 is 0. The molecule has 0 aliphatic heterocycles. The van der Waals surface area contributed by atoms with E-state index in [2.05, 4.69) is 17.3 Å². The average molecular weight is 403 g/mol. The van der Waals surface area contributed by atoms with Gasteiger partial charge in [-0.05, 0) is 24.6 Å². The van der Waals surface area contributed by atoms with Crippen LogP contribution in [0.1, 0.15) is 43.1 Å². The van der Waals surface area contributed by atoms with Crippen molar-refractivity contribution < 1.29 is 18.0 Å². The first-order valence-corrected chi connectivity index (χ1v) is 9.38. The molecule has 2 aromatic carbocycles. The van der Waals surface area contributed by atoms with Crippen LogP contribution in [0.25, 0.3) is 10.8 Å². The van der Waals surface area contributed by atoms with Crippen LogP contribution >= 0.6 is 0 Å². The van der Waals surface area contributed by atoms with Gasteiger partial charge >= 0.3 is 0 Å². The zero-order valence-corrected chi connectivity index (χ0v) is 15.8. The van der Waals surface area contributed by atoms with Crippen molar-refractivity contribution in [1.29, 1.82) is 0 Å². The first kappa shape index (κ1) is 20.6. The summed E-state index contributed by atoms with van der Waals surface area (Å²) < 4.78 is 41.7. The van der Waals surface area contributed by atoms with Crippen LogP contribution in [-0.2, 0) is 6.54 Å². The molecule has 3 aromatic rings. The Labute approximate surface area is 165 Å². The quantitative estimate of drug-likeness (QED) is 0.462. The third-order valence-electron chi connectivity index (χ3n) is 4.59. The number of rotatable bonds is 7. The van der Waals surface area contributed by atoms with Gasteiger partial charge in [0.1, 0.15) is 0 Å². The van der Waals surface area contributed by atoms with E-state index in [-0.39, 0.29) is 11.3 Å². The Balaban J connectivity index is 1.99. The minimum absolute atomic E-state index is 0.0974. The molecule has 0 fully saturated rings. The molecule has 8 heteroatoms. The Kier molecular flexibility index (Phi) is 6.31. The molecular weight excluding hydrogens is 383 g/mol. The number of fused-ring (bicyclic) bond motifs is 1. The van der Waals surface area contributed by atoms with Gasteiger partial charge in [0.05, 0.1) is 11.1 Å². The maximum absolute atomic E-state index is 13.9. The molecule has 5 nitrogen and oxygen atoms in total. The number of unbranched alkanes of at least 4 members (excludes halogenated alkanes) is 3. The molecular formula is C21H20F3N3O2. The van der Waals surface area contributed by atoms with Crippen molar-refractivity contribution >= 4 is 22.4 Å². The molecule has 1 heterocycles. The van der Waals surface area contributed by atoms with Crippen LogP contribution in [-0.4, -0.2) is 15.7 Å². The van der Waals surface area contributed by atoms with Crippen LogP contribution in [0.3, 0.4) is 0 Å². The van der Waals surface area contributed by atoms with Gasteiger partial charge < -0.3 is 5.32 Å². The smallest absolute Gasteiger partial charge is 0.276 e. The van der Waals surface area contributed by atoms with Crippen molar-refractivity contribution in [2.75, 3.05) is 5.32 Å². The summed E-state index contributed by atoms with van der Waals surface area (Å²) in [5, 5.41) is 6.97. The minimum atomic E-state index is -1.68. The number of carbonyl (C=O) groups is 1. The maximum atomic E-state index is 13.9. The third kappa shape index (κ3) is 4.31. The summed E-state index contributed by atoms with van der Waals surface area (Å²) in [6.07, 6.45) is 3.69. The molecule has 0 atom stereocenters. The SMILES string of the molecule is CCCCCCn1nc(C(=O)Nc2ccc(F)c(F)c2F)c2ccccc2c1=O. The van der Waals surface area contributed by atoms with Gasteiger partial charge in [-0.1, -0.05) is 44.4 Å². The predicted molar refractivity (Wildman–Crippen MR) is 104 cm³/mol. The van der Waals surface area contributed by atoms with E-state index < -0.39 is 29.0 Å². The molecule has 0 bridgehead atoms. The van der Waals surface area contributed by atoms with E-state index in [4.69, 9.17) is 0 Å². The van der Waals surface area contributed by atoms with Gasteiger partial charge in [0, 0.05) is 11.9 Å². The Morgan fingerprint density at radius 1 is 1.00 bits per heavy atom. The number of nitrogens with one attached hydrogen (secondary N) is 1. The van der Waals surface area contributed by atoms with Crippen molar-refractivity contribution in [2.45, 2.75) is 39.2 Å². The number of aryl methyl sites for hydroxylation is 1. The zero-order valence-electron chi connectivity index (χ0n) is 15.8. The van der Waals surface area contributed by atoms with E-state index in [0.29, 0.717) is 23.4 Å². The number of anilines is 1. The second-order valence-electron chi connectivity index (χ2n) is 6.66. The fourth-order valence-corrected chi connectivity index (χ4v) is 3.05. The summed E-state index contributed by atoms with van der Waals surface area (Å²) in [6, 6.07) is 8.09. The predicted octanol–water partition coefficient (Wildman–Crippen LogP) is 4.65. The topological polar surface area (TPSA) is 64.0 Å². The summed E-state index contributed by atoms with van der Waals surface area (Å²) in [7, 11) is 0. The molecule has 1 N–H and O–H groups in total. The molecule has 0 radical (unpaired) electrons. The van der Waals surface area contributed by atoms with Crippen molar-refractivity contribution in [2.24, 2.45) is 0 Å². The molecule has 0 saturated heterocycles. The number of hydrogen-bond acceptors (Lipinski definition) is 3. The highest BCUT2D eigenvalue weighted by Crippen LogP contribution is 2.21. The molecule has 0 spiro atoms. The lowest BCUT2D eigenvalue weighted by Gasteiger charge is -2.12. The van der Waals surface area contributed by atoms with Gasteiger partial charge in [-0.15, -0.1) is 0 Å². The molecule has 29 heavy (non-hydrogen) atoms. The lowest BCUT2D eigenvalue weighted by Crippen LogP contribution is -2.28. The number of amides is 1. The summed E-state index contributed by atoms with van der Waals surface area (Å²) in [5.41, 5.74) is -0.937. The Bertz CT molecular complexity index is 1110. The van der Waals surface area contributed by atoms with Gasteiger partial charge in [-0.3, -0.25) is 9.59 Å². The van der Waals surface area contributed by atoms with Gasteiger partial charge in [0.25, 0.3) is 11.5 Å². The van der Waals surface area contributed by atoms with Crippen LogP contribution in [0.15, 0.2) is 41.2 Å². The van der Waals surface area contributed by atoms with Crippen molar-refractivity contribution in [3.05, 3.63) is 69.9 Å². The highest BCUT2D eigenvalue weighted by Gasteiger charge is 2.20. The molecule has 0 unspecified atom stereocenters. The van der Waals surface area contributed by atoms with Crippen molar-refractivity contribution in [3.63, 3.8) is 0 Å². The van der Waals surface area contributed by atoms with E-state index in [1.54, 1.807) is 24.3 Å². The Morgan fingerprint density at radius 3 is 2.45 bits per heavy atom.